The highest BCUT2D eigenvalue weighted by Gasteiger charge is 2.18. The van der Waals surface area contributed by atoms with E-state index in [9.17, 15) is 0 Å². The number of para-hydroxylation sites is 1. The molecule has 0 aliphatic carbocycles. The number of nitrogens with one attached hydrogen (secondary N) is 1. The molecule has 152 valence electrons. The molecule has 1 N–H and O–H groups in total. The van der Waals surface area contributed by atoms with E-state index in [0.717, 1.165) is 19.6 Å². The molecule has 3 aromatic rings. The van der Waals surface area contributed by atoms with E-state index in [-0.39, 0.29) is 0 Å². The fraction of sp³-hybridized carbons (Fsp3) is 0.423. The minimum absolute atomic E-state index is 0.686. The first-order valence-electron chi connectivity index (χ1n) is 11.3. The zero-order valence-corrected chi connectivity index (χ0v) is 18.4. The fourth-order valence-electron chi connectivity index (χ4n) is 4.27. The molecular formula is C26H33N2S+. The SMILES string of the molecule is CCCCCCC[n+]1c(/C=C/c2ccc(C3CCNC3)cc2)sc2ccccc21. The summed E-state index contributed by atoms with van der Waals surface area (Å²) in [7, 11) is 0. The smallest absolute Gasteiger partial charge is 0.262 e. The lowest BCUT2D eigenvalue weighted by Crippen LogP contribution is -2.34. The molecule has 1 unspecified atom stereocenters. The van der Waals surface area contributed by atoms with Gasteiger partial charge in [0.05, 0.1) is 0 Å². The van der Waals surface area contributed by atoms with Crippen LogP contribution in [0.3, 0.4) is 0 Å². The lowest BCUT2D eigenvalue weighted by atomic mass is 9.97. The summed E-state index contributed by atoms with van der Waals surface area (Å²) < 4.78 is 3.89. The number of aromatic nitrogens is 1. The van der Waals surface area contributed by atoms with E-state index in [1.807, 2.05) is 11.3 Å². The Hall–Kier alpha value is -1.97. The van der Waals surface area contributed by atoms with Crippen LogP contribution in [0.15, 0.2) is 48.5 Å². The van der Waals surface area contributed by atoms with Crippen LogP contribution in [0.1, 0.15) is 67.5 Å². The van der Waals surface area contributed by atoms with Gasteiger partial charge in [-0.1, -0.05) is 73.9 Å². The minimum atomic E-state index is 0.686. The molecule has 0 saturated carbocycles. The Bertz CT molecular complexity index is 933. The third-order valence-electron chi connectivity index (χ3n) is 6.01. The van der Waals surface area contributed by atoms with E-state index < -0.39 is 0 Å². The number of fused-ring (bicyclic) bond motifs is 1. The minimum Gasteiger partial charge on any atom is -0.316 e. The highest BCUT2D eigenvalue weighted by atomic mass is 32.1. The second kappa shape index (κ2) is 10.2. The second-order valence-electron chi connectivity index (χ2n) is 8.16. The van der Waals surface area contributed by atoms with E-state index in [1.165, 1.54) is 64.9 Å². The molecule has 1 saturated heterocycles. The summed E-state index contributed by atoms with van der Waals surface area (Å²) in [4.78, 5) is 0. The van der Waals surface area contributed by atoms with Gasteiger partial charge in [0.25, 0.3) is 5.01 Å². The molecule has 0 radical (unpaired) electrons. The predicted octanol–water partition coefficient (Wildman–Crippen LogP) is 6.41. The summed E-state index contributed by atoms with van der Waals surface area (Å²) >= 11 is 1.90. The van der Waals surface area contributed by atoms with Gasteiger partial charge < -0.3 is 5.32 Å². The van der Waals surface area contributed by atoms with Crippen LogP contribution in [0.4, 0.5) is 0 Å². The maximum absolute atomic E-state index is 3.46. The zero-order valence-electron chi connectivity index (χ0n) is 17.6. The van der Waals surface area contributed by atoms with Crippen LogP contribution in [-0.2, 0) is 6.54 Å². The quantitative estimate of drug-likeness (QED) is 0.321. The molecule has 1 fully saturated rings. The van der Waals surface area contributed by atoms with Crippen molar-refractivity contribution in [2.45, 2.75) is 57.9 Å². The first kappa shape index (κ1) is 20.3. The summed E-state index contributed by atoms with van der Waals surface area (Å²) in [5, 5.41) is 4.82. The number of benzene rings is 2. The normalized spacial score (nSPS) is 16.9. The number of aryl methyl sites for hydroxylation is 1. The molecule has 0 spiro atoms. The van der Waals surface area contributed by atoms with Crippen molar-refractivity contribution in [2.75, 3.05) is 13.1 Å². The Balaban J connectivity index is 1.49. The van der Waals surface area contributed by atoms with Crippen LogP contribution in [0.5, 0.6) is 0 Å². The first-order chi connectivity index (χ1) is 14.3. The second-order valence-corrected chi connectivity index (χ2v) is 9.23. The van der Waals surface area contributed by atoms with Crippen molar-refractivity contribution in [3.63, 3.8) is 0 Å². The predicted molar refractivity (Wildman–Crippen MR) is 126 cm³/mol. The zero-order chi connectivity index (χ0) is 19.9. The number of hydrogen-bond acceptors (Lipinski definition) is 2. The van der Waals surface area contributed by atoms with Crippen molar-refractivity contribution in [3.8, 4) is 0 Å². The van der Waals surface area contributed by atoms with E-state index in [1.54, 1.807) is 0 Å². The van der Waals surface area contributed by atoms with E-state index in [2.05, 4.69) is 77.5 Å². The van der Waals surface area contributed by atoms with Crippen molar-refractivity contribution in [1.29, 1.82) is 0 Å². The molecule has 4 rings (SSSR count). The van der Waals surface area contributed by atoms with Crippen LogP contribution in [0.25, 0.3) is 22.4 Å². The largest absolute Gasteiger partial charge is 0.316 e. The van der Waals surface area contributed by atoms with Crippen molar-refractivity contribution in [2.24, 2.45) is 0 Å². The van der Waals surface area contributed by atoms with Gasteiger partial charge in [-0.2, -0.15) is 4.57 Å². The van der Waals surface area contributed by atoms with Crippen molar-refractivity contribution >= 4 is 33.7 Å². The van der Waals surface area contributed by atoms with Crippen molar-refractivity contribution in [1.82, 2.24) is 5.32 Å². The number of nitrogens with zero attached hydrogens (tertiary/aromatic N) is 1. The van der Waals surface area contributed by atoms with Crippen LogP contribution in [-0.4, -0.2) is 13.1 Å². The van der Waals surface area contributed by atoms with Gasteiger partial charge in [0.2, 0.25) is 5.52 Å². The Kier molecular flexibility index (Phi) is 7.13. The number of thiazole rings is 1. The molecule has 2 heterocycles. The molecule has 29 heavy (non-hydrogen) atoms. The van der Waals surface area contributed by atoms with E-state index in [4.69, 9.17) is 0 Å². The van der Waals surface area contributed by atoms with Gasteiger partial charge in [0.1, 0.15) is 4.70 Å². The number of rotatable bonds is 9. The Morgan fingerprint density at radius 1 is 1.00 bits per heavy atom. The molecule has 1 aliphatic heterocycles. The molecule has 2 nitrogen and oxygen atoms in total. The summed E-state index contributed by atoms with van der Waals surface area (Å²) in [5.74, 6) is 0.686. The van der Waals surface area contributed by atoms with Crippen molar-refractivity contribution in [3.05, 3.63) is 64.7 Å². The van der Waals surface area contributed by atoms with E-state index in [0.29, 0.717) is 5.92 Å². The molecule has 1 aromatic heterocycles. The Morgan fingerprint density at radius 2 is 1.83 bits per heavy atom. The summed E-state index contributed by atoms with van der Waals surface area (Å²) in [6.07, 6.45) is 12.4. The van der Waals surface area contributed by atoms with Gasteiger partial charge in [-0.3, -0.25) is 0 Å². The third-order valence-corrected chi connectivity index (χ3v) is 7.14. The Labute approximate surface area is 179 Å². The van der Waals surface area contributed by atoms with Crippen LogP contribution in [0, 0.1) is 0 Å². The number of hydrogen-bond donors (Lipinski definition) is 1. The average Bonchev–Trinajstić information content (AvgIpc) is 3.41. The van der Waals surface area contributed by atoms with Gasteiger partial charge in [-0.05, 0) is 48.6 Å². The Morgan fingerprint density at radius 3 is 2.62 bits per heavy atom. The monoisotopic (exact) mass is 405 g/mol. The van der Waals surface area contributed by atoms with Gasteiger partial charge in [-0.15, -0.1) is 0 Å². The van der Waals surface area contributed by atoms with Crippen LogP contribution < -0.4 is 9.88 Å². The molecular weight excluding hydrogens is 372 g/mol. The van der Waals surface area contributed by atoms with Gasteiger partial charge >= 0.3 is 0 Å². The standard InChI is InChI=1S/C26H33N2S/c1-2-3-4-5-8-19-28-24-9-6-7-10-25(24)29-26(28)16-13-21-11-14-22(15-12-21)23-17-18-27-20-23/h6-7,9-16,23,27H,2-5,8,17-20H2,1H3/q+1/b16-13+. The maximum Gasteiger partial charge on any atom is 0.262 e. The highest BCUT2D eigenvalue weighted by molar-refractivity contribution is 7.18. The first-order valence-corrected chi connectivity index (χ1v) is 12.1. The number of unbranched alkanes of at least 4 members (excludes halogenated alkanes) is 4. The molecule has 1 atom stereocenters. The molecule has 0 amide bonds. The summed E-state index contributed by atoms with van der Waals surface area (Å²) in [6.45, 7) is 5.66. The molecule has 1 aliphatic rings. The van der Waals surface area contributed by atoms with Gasteiger partial charge in [0.15, 0.2) is 6.54 Å². The topological polar surface area (TPSA) is 15.9 Å². The summed E-state index contributed by atoms with van der Waals surface area (Å²) in [5.41, 5.74) is 4.12. The van der Waals surface area contributed by atoms with E-state index >= 15 is 0 Å². The van der Waals surface area contributed by atoms with Crippen molar-refractivity contribution < 1.29 is 4.57 Å². The van der Waals surface area contributed by atoms with Crippen LogP contribution in [0.2, 0.25) is 0 Å². The average molecular weight is 406 g/mol. The van der Waals surface area contributed by atoms with Crippen LogP contribution >= 0.6 is 11.3 Å². The van der Waals surface area contributed by atoms with Gasteiger partial charge in [0, 0.05) is 25.1 Å². The lowest BCUT2D eigenvalue weighted by molar-refractivity contribution is -0.669. The third kappa shape index (κ3) is 5.15. The highest BCUT2D eigenvalue weighted by Crippen LogP contribution is 2.24. The fourth-order valence-corrected chi connectivity index (χ4v) is 5.36. The molecule has 2 aromatic carbocycles. The lowest BCUT2D eigenvalue weighted by Gasteiger charge is -2.08. The maximum atomic E-state index is 3.46. The molecule has 3 heteroatoms. The molecule has 0 bridgehead atoms. The van der Waals surface area contributed by atoms with Gasteiger partial charge in [-0.25, -0.2) is 0 Å². The summed E-state index contributed by atoms with van der Waals surface area (Å²) in [6, 6.07) is 18.0.